The number of nitrogens with one attached hydrogen (secondary N) is 1. The van der Waals surface area contributed by atoms with Gasteiger partial charge in [0.05, 0.1) is 10.0 Å². The number of rotatable bonds is 4. The lowest BCUT2D eigenvalue weighted by Gasteiger charge is -2.14. The number of ether oxygens (including phenoxy) is 1. The molecule has 0 fully saturated rings. The van der Waals surface area contributed by atoms with Gasteiger partial charge in [-0.05, 0) is 54.8 Å². The first-order chi connectivity index (χ1) is 9.88. The Bertz CT molecular complexity index is 676. The van der Waals surface area contributed by atoms with Gasteiger partial charge in [-0.25, -0.2) is 0 Å². The van der Waals surface area contributed by atoms with E-state index >= 15 is 0 Å². The standard InChI is InChI=1S/C16H16Cl2N2O/c1-9-5-12(16(19)20)6-10(2)15(9)21-8-11-3-4-13(17)14(18)7-11/h3-7H,8H2,1-2H3,(H3,19,20). The summed E-state index contributed by atoms with van der Waals surface area (Å²) in [6.07, 6.45) is 0. The second-order valence-electron chi connectivity index (χ2n) is 4.89. The lowest BCUT2D eigenvalue weighted by atomic mass is 10.1. The van der Waals surface area contributed by atoms with Crippen molar-refractivity contribution in [3.63, 3.8) is 0 Å². The molecule has 5 heteroatoms. The Kier molecular flexibility index (Phi) is 4.76. The zero-order chi connectivity index (χ0) is 15.6. The van der Waals surface area contributed by atoms with Gasteiger partial charge in [0.1, 0.15) is 18.2 Å². The maximum absolute atomic E-state index is 7.49. The monoisotopic (exact) mass is 322 g/mol. The Morgan fingerprint density at radius 3 is 2.24 bits per heavy atom. The molecule has 3 N–H and O–H groups in total. The highest BCUT2D eigenvalue weighted by Gasteiger charge is 2.09. The number of amidine groups is 1. The first kappa shape index (κ1) is 15.7. The van der Waals surface area contributed by atoms with E-state index in [1.165, 1.54) is 0 Å². The highest BCUT2D eigenvalue weighted by atomic mass is 35.5. The van der Waals surface area contributed by atoms with Crippen LogP contribution in [0.4, 0.5) is 0 Å². The quantitative estimate of drug-likeness (QED) is 0.644. The van der Waals surface area contributed by atoms with E-state index in [0.717, 1.165) is 22.4 Å². The Morgan fingerprint density at radius 2 is 1.71 bits per heavy atom. The van der Waals surface area contributed by atoms with E-state index in [9.17, 15) is 0 Å². The van der Waals surface area contributed by atoms with Crippen molar-refractivity contribution < 1.29 is 4.74 Å². The average Bonchev–Trinajstić information content (AvgIpc) is 2.41. The molecule has 0 saturated carbocycles. The van der Waals surface area contributed by atoms with Crippen LogP contribution in [-0.2, 0) is 6.61 Å². The summed E-state index contributed by atoms with van der Waals surface area (Å²) in [5, 5.41) is 8.53. The number of hydrogen-bond acceptors (Lipinski definition) is 2. The van der Waals surface area contributed by atoms with Gasteiger partial charge in [0, 0.05) is 5.56 Å². The summed E-state index contributed by atoms with van der Waals surface area (Å²) in [7, 11) is 0. The maximum atomic E-state index is 7.49. The van der Waals surface area contributed by atoms with Crippen LogP contribution in [0.5, 0.6) is 5.75 Å². The zero-order valence-electron chi connectivity index (χ0n) is 11.8. The summed E-state index contributed by atoms with van der Waals surface area (Å²) in [5.74, 6) is 0.850. The van der Waals surface area contributed by atoms with E-state index in [-0.39, 0.29) is 5.84 Å². The molecule has 0 aliphatic carbocycles. The first-order valence-electron chi connectivity index (χ1n) is 6.41. The molecule has 3 nitrogen and oxygen atoms in total. The molecule has 21 heavy (non-hydrogen) atoms. The molecular weight excluding hydrogens is 307 g/mol. The number of nitrogen functional groups attached to an aromatic ring is 1. The van der Waals surface area contributed by atoms with Crippen molar-refractivity contribution in [2.45, 2.75) is 20.5 Å². The molecule has 110 valence electrons. The smallest absolute Gasteiger partial charge is 0.125 e. The molecule has 0 spiro atoms. The summed E-state index contributed by atoms with van der Waals surface area (Å²) in [6, 6.07) is 9.11. The average molecular weight is 323 g/mol. The third kappa shape index (κ3) is 3.69. The van der Waals surface area contributed by atoms with Gasteiger partial charge in [0.2, 0.25) is 0 Å². The van der Waals surface area contributed by atoms with Crippen molar-refractivity contribution in [2.75, 3.05) is 0 Å². The van der Waals surface area contributed by atoms with Crippen LogP contribution in [0.2, 0.25) is 10.0 Å². The fraction of sp³-hybridized carbons (Fsp3) is 0.188. The number of halogens is 2. The number of aryl methyl sites for hydroxylation is 2. The summed E-state index contributed by atoms with van der Waals surface area (Å²) in [5.41, 5.74) is 9.05. The molecule has 0 unspecified atom stereocenters. The van der Waals surface area contributed by atoms with Crippen molar-refractivity contribution in [3.8, 4) is 5.75 Å². The molecule has 0 saturated heterocycles. The molecule has 0 radical (unpaired) electrons. The molecule has 0 bridgehead atoms. The molecule has 0 heterocycles. The van der Waals surface area contributed by atoms with E-state index in [4.69, 9.17) is 39.1 Å². The zero-order valence-corrected chi connectivity index (χ0v) is 13.3. The number of hydrogen-bond donors (Lipinski definition) is 2. The summed E-state index contributed by atoms with van der Waals surface area (Å²) < 4.78 is 5.87. The van der Waals surface area contributed by atoms with Crippen molar-refractivity contribution in [1.29, 1.82) is 5.41 Å². The van der Waals surface area contributed by atoms with Gasteiger partial charge < -0.3 is 10.5 Å². The molecular formula is C16H16Cl2N2O. The molecule has 0 aromatic heterocycles. The van der Waals surface area contributed by atoms with Gasteiger partial charge >= 0.3 is 0 Å². The minimum atomic E-state index is 0.0530. The molecule has 0 aliphatic heterocycles. The van der Waals surface area contributed by atoms with Crippen LogP contribution < -0.4 is 10.5 Å². The normalized spacial score (nSPS) is 10.5. The van der Waals surface area contributed by atoms with Crippen LogP contribution in [0.3, 0.4) is 0 Å². The van der Waals surface area contributed by atoms with Crippen LogP contribution in [-0.4, -0.2) is 5.84 Å². The van der Waals surface area contributed by atoms with Gasteiger partial charge in [-0.1, -0.05) is 29.3 Å². The first-order valence-corrected chi connectivity index (χ1v) is 7.16. The molecule has 2 aromatic rings. The van der Waals surface area contributed by atoms with Gasteiger partial charge in [0.15, 0.2) is 0 Å². The highest BCUT2D eigenvalue weighted by Crippen LogP contribution is 2.27. The minimum absolute atomic E-state index is 0.0530. The van der Waals surface area contributed by atoms with E-state index < -0.39 is 0 Å². The van der Waals surface area contributed by atoms with Crippen LogP contribution in [0, 0.1) is 19.3 Å². The minimum Gasteiger partial charge on any atom is -0.488 e. The van der Waals surface area contributed by atoms with Gasteiger partial charge in [-0.2, -0.15) is 0 Å². The van der Waals surface area contributed by atoms with Gasteiger partial charge in [-0.3, -0.25) is 5.41 Å². The fourth-order valence-corrected chi connectivity index (χ4v) is 2.44. The predicted molar refractivity (Wildman–Crippen MR) is 87.7 cm³/mol. The SMILES string of the molecule is Cc1cc(C(=N)N)cc(C)c1OCc1ccc(Cl)c(Cl)c1. The third-order valence-corrected chi connectivity index (χ3v) is 3.88. The Morgan fingerprint density at radius 1 is 1.10 bits per heavy atom. The number of nitrogens with two attached hydrogens (primary N) is 1. The lowest BCUT2D eigenvalue weighted by Crippen LogP contribution is -2.12. The largest absolute Gasteiger partial charge is 0.488 e. The van der Waals surface area contributed by atoms with Crippen molar-refractivity contribution >= 4 is 29.0 Å². The fourth-order valence-electron chi connectivity index (χ4n) is 2.12. The van der Waals surface area contributed by atoms with Crippen LogP contribution >= 0.6 is 23.2 Å². The summed E-state index contributed by atoms with van der Waals surface area (Å²) in [4.78, 5) is 0. The summed E-state index contributed by atoms with van der Waals surface area (Å²) in [6.45, 7) is 4.27. The Balaban J connectivity index is 2.20. The maximum Gasteiger partial charge on any atom is 0.125 e. The van der Waals surface area contributed by atoms with Crippen LogP contribution in [0.15, 0.2) is 30.3 Å². The van der Waals surface area contributed by atoms with Crippen molar-refractivity contribution in [2.24, 2.45) is 5.73 Å². The van der Waals surface area contributed by atoms with Crippen LogP contribution in [0.25, 0.3) is 0 Å². The highest BCUT2D eigenvalue weighted by molar-refractivity contribution is 6.42. The predicted octanol–water partition coefficient (Wildman–Crippen LogP) is 4.47. The second-order valence-corrected chi connectivity index (χ2v) is 5.70. The molecule has 2 rings (SSSR count). The van der Waals surface area contributed by atoms with E-state index in [0.29, 0.717) is 22.2 Å². The van der Waals surface area contributed by atoms with Crippen molar-refractivity contribution in [1.82, 2.24) is 0 Å². The van der Waals surface area contributed by atoms with Crippen LogP contribution in [0.1, 0.15) is 22.3 Å². The Labute approximate surface area is 134 Å². The molecule has 0 amide bonds. The third-order valence-electron chi connectivity index (χ3n) is 3.14. The molecule has 2 aromatic carbocycles. The summed E-state index contributed by atoms with van der Waals surface area (Å²) >= 11 is 11.9. The molecule has 0 atom stereocenters. The van der Waals surface area contributed by atoms with E-state index in [1.807, 2.05) is 32.0 Å². The second kappa shape index (κ2) is 6.37. The topological polar surface area (TPSA) is 59.1 Å². The van der Waals surface area contributed by atoms with Gasteiger partial charge in [0.25, 0.3) is 0 Å². The molecule has 0 aliphatic rings. The lowest BCUT2D eigenvalue weighted by molar-refractivity contribution is 0.302. The van der Waals surface area contributed by atoms with Crippen molar-refractivity contribution in [3.05, 3.63) is 62.6 Å². The van der Waals surface area contributed by atoms with Gasteiger partial charge in [-0.15, -0.1) is 0 Å². The van der Waals surface area contributed by atoms with E-state index in [2.05, 4.69) is 0 Å². The Hall–Kier alpha value is -1.71. The van der Waals surface area contributed by atoms with E-state index in [1.54, 1.807) is 12.1 Å². The number of benzene rings is 2.